The van der Waals surface area contributed by atoms with Gasteiger partial charge >= 0.3 is 0 Å². The molecule has 0 radical (unpaired) electrons. The number of ether oxygens (including phenoxy) is 1. The van der Waals surface area contributed by atoms with Gasteiger partial charge in [-0.15, -0.1) is 12.4 Å². The van der Waals surface area contributed by atoms with Crippen molar-refractivity contribution in [1.29, 1.82) is 0 Å². The minimum atomic E-state index is -0.218. The third kappa shape index (κ3) is 3.82. The number of hydrogen-bond donors (Lipinski definition) is 2. The van der Waals surface area contributed by atoms with Gasteiger partial charge < -0.3 is 20.5 Å². The molecule has 3 N–H and O–H groups in total. The summed E-state index contributed by atoms with van der Waals surface area (Å²) in [7, 11) is 0. The maximum Gasteiger partial charge on any atom is 0.225 e. The topological polar surface area (TPSA) is 75.8 Å². The van der Waals surface area contributed by atoms with E-state index in [-0.39, 0.29) is 43.0 Å². The molecule has 2 aliphatic rings. The third-order valence-corrected chi connectivity index (χ3v) is 3.72. The van der Waals surface area contributed by atoms with Gasteiger partial charge in [0.1, 0.15) is 0 Å². The van der Waals surface area contributed by atoms with Gasteiger partial charge in [0.15, 0.2) is 0 Å². The Labute approximate surface area is 114 Å². The van der Waals surface area contributed by atoms with Crippen molar-refractivity contribution in [2.24, 2.45) is 11.7 Å². The van der Waals surface area contributed by atoms with Crippen molar-refractivity contribution >= 4 is 18.3 Å². The van der Waals surface area contributed by atoms with Crippen molar-refractivity contribution < 1.29 is 14.6 Å². The first-order chi connectivity index (χ1) is 8.20. The Kier molecular flexibility index (Phi) is 6.35. The number of aliphatic hydroxyl groups is 1. The fourth-order valence-corrected chi connectivity index (χ4v) is 2.74. The Hall–Kier alpha value is -0.360. The number of halogens is 1. The van der Waals surface area contributed by atoms with Crippen LogP contribution in [0.1, 0.15) is 25.7 Å². The molecule has 3 atom stereocenters. The average Bonchev–Trinajstić information content (AvgIpc) is 2.38. The van der Waals surface area contributed by atoms with Gasteiger partial charge in [0.05, 0.1) is 19.3 Å². The lowest BCUT2D eigenvalue weighted by Gasteiger charge is -2.36. The first-order valence-electron chi connectivity index (χ1n) is 6.47. The van der Waals surface area contributed by atoms with E-state index in [1.54, 1.807) is 0 Å². The molecule has 0 bridgehead atoms. The summed E-state index contributed by atoms with van der Waals surface area (Å²) in [5, 5.41) is 9.06. The highest BCUT2D eigenvalue weighted by atomic mass is 35.5. The highest BCUT2D eigenvalue weighted by Gasteiger charge is 2.31. The Balaban J connectivity index is 0.00000162. The normalized spacial score (nSPS) is 32.8. The minimum absolute atomic E-state index is 0. The van der Waals surface area contributed by atoms with Crippen molar-refractivity contribution in [2.75, 3.05) is 26.3 Å². The van der Waals surface area contributed by atoms with E-state index in [1.807, 2.05) is 4.90 Å². The predicted octanol–water partition coefficient (Wildman–Crippen LogP) is 0.145. The Morgan fingerprint density at radius 3 is 2.89 bits per heavy atom. The molecule has 1 aliphatic carbocycles. The molecule has 0 aromatic rings. The van der Waals surface area contributed by atoms with E-state index < -0.39 is 0 Å². The van der Waals surface area contributed by atoms with Crippen molar-refractivity contribution in [1.82, 2.24) is 4.90 Å². The number of carbonyl (C=O) groups excluding carboxylic acids is 1. The van der Waals surface area contributed by atoms with Gasteiger partial charge in [0.25, 0.3) is 0 Å². The summed E-state index contributed by atoms with van der Waals surface area (Å²) < 4.78 is 5.35. The predicted molar refractivity (Wildman–Crippen MR) is 70.6 cm³/mol. The minimum Gasteiger partial charge on any atom is -0.394 e. The lowest BCUT2D eigenvalue weighted by molar-refractivity contribution is -0.145. The number of rotatable bonds is 2. The maximum atomic E-state index is 12.3. The quantitative estimate of drug-likeness (QED) is 0.754. The van der Waals surface area contributed by atoms with Gasteiger partial charge in [-0.1, -0.05) is 6.42 Å². The molecule has 1 saturated carbocycles. The van der Waals surface area contributed by atoms with Crippen LogP contribution < -0.4 is 5.73 Å². The molecule has 1 heterocycles. The molecule has 1 saturated heterocycles. The van der Waals surface area contributed by atoms with E-state index in [0.29, 0.717) is 19.7 Å². The second-order valence-corrected chi connectivity index (χ2v) is 5.08. The van der Waals surface area contributed by atoms with Crippen LogP contribution in [0.2, 0.25) is 0 Å². The van der Waals surface area contributed by atoms with Gasteiger partial charge in [-0.25, -0.2) is 0 Å². The molecule has 3 unspecified atom stereocenters. The van der Waals surface area contributed by atoms with E-state index in [2.05, 4.69) is 0 Å². The van der Waals surface area contributed by atoms with Gasteiger partial charge in [-0.05, 0) is 19.3 Å². The van der Waals surface area contributed by atoms with Crippen LogP contribution in [0.15, 0.2) is 0 Å². The summed E-state index contributed by atoms with van der Waals surface area (Å²) in [5.41, 5.74) is 5.91. The lowest BCUT2D eigenvalue weighted by atomic mass is 9.85. The first kappa shape index (κ1) is 15.7. The van der Waals surface area contributed by atoms with E-state index in [1.165, 1.54) is 0 Å². The summed E-state index contributed by atoms with van der Waals surface area (Å²) in [6, 6.07) is 0.173. The fourth-order valence-electron chi connectivity index (χ4n) is 2.74. The summed E-state index contributed by atoms with van der Waals surface area (Å²) >= 11 is 0. The van der Waals surface area contributed by atoms with Gasteiger partial charge in [-0.3, -0.25) is 4.79 Å². The molecule has 0 aromatic carbocycles. The van der Waals surface area contributed by atoms with Crippen LogP contribution in [-0.4, -0.2) is 54.4 Å². The zero-order valence-electron chi connectivity index (χ0n) is 10.6. The first-order valence-corrected chi connectivity index (χ1v) is 6.47. The standard InChI is InChI=1S/C12H22N2O3.ClH/c13-10-3-1-2-9(6-10)12(16)14-4-5-17-11(7-14)8-15;/h9-11,15H,1-8,13H2;1H. The molecular formula is C12H23ClN2O3. The second kappa shape index (κ2) is 7.28. The molecule has 5 nitrogen and oxygen atoms in total. The van der Waals surface area contributed by atoms with Crippen LogP contribution in [0, 0.1) is 5.92 Å². The van der Waals surface area contributed by atoms with Gasteiger partial charge in [0, 0.05) is 25.0 Å². The van der Waals surface area contributed by atoms with E-state index in [4.69, 9.17) is 15.6 Å². The number of nitrogens with two attached hydrogens (primary N) is 1. The van der Waals surface area contributed by atoms with Crippen LogP contribution >= 0.6 is 12.4 Å². The number of morpholine rings is 1. The van der Waals surface area contributed by atoms with Gasteiger partial charge in [0.2, 0.25) is 5.91 Å². The highest BCUT2D eigenvalue weighted by molar-refractivity contribution is 5.85. The van der Waals surface area contributed by atoms with Crippen LogP contribution in [0.5, 0.6) is 0 Å². The molecule has 0 spiro atoms. The SMILES string of the molecule is Cl.NC1CCCC(C(=O)N2CCOC(CO)C2)C1. The van der Waals surface area contributed by atoms with Crippen molar-refractivity contribution in [3.63, 3.8) is 0 Å². The van der Waals surface area contributed by atoms with Crippen LogP contribution in [0.25, 0.3) is 0 Å². The molecule has 2 rings (SSSR count). The number of nitrogens with zero attached hydrogens (tertiary/aromatic N) is 1. The summed E-state index contributed by atoms with van der Waals surface area (Å²) in [6.45, 7) is 1.66. The Morgan fingerprint density at radius 2 is 2.22 bits per heavy atom. The lowest BCUT2D eigenvalue weighted by Crippen LogP contribution is -2.50. The molecule has 106 valence electrons. The zero-order chi connectivity index (χ0) is 12.3. The largest absolute Gasteiger partial charge is 0.394 e. The van der Waals surface area contributed by atoms with Crippen molar-refractivity contribution in [3.05, 3.63) is 0 Å². The summed E-state index contributed by atoms with van der Waals surface area (Å²) in [6.07, 6.45) is 3.62. The number of carbonyl (C=O) groups is 1. The number of amides is 1. The van der Waals surface area contributed by atoms with E-state index >= 15 is 0 Å². The molecule has 6 heteroatoms. The van der Waals surface area contributed by atoms with E-state index in [9.17, 15) is 4.79 Å². The van der Waals surface area contributed by atoms with Crippen LogP contribution in [0.4, 0.5) is 0 Å². The van der Waals surface area contributed by atoms with Gasteiger partial charge in [-0.2, -0.15) is 0 Å². The molecule has 1 aliphatic heterocycles. The number of hydrogen-bond acceptors (Lipinski definition) is 4. The molecular weight excluding hydrogens is 256 g/mol. The Bertz CT molecular complexity index is 278. The molecule has 18 heavy (non-hydrogen) atoms. The van der Waals surface area contributed by atoms with Crippen molar-refractivity contribution in [2.45, 2.75) is 37.8 Å². The molecule has 1 amide bonds. The average molecular weight is 279 g/mol. The van der Waals surface area contributed by atoms with Crippen LogP contribution in [0.3, 0.4) is 0 Å². The smallest absolute Gasteiger partial charge is 0.225 e. The summed E-state index contributed by atoms with van der Waals surface area (Å²) in [4.78, 5) is 14.1. The summed E-state index contributed by atoms with van der Waals surface area (Å²) in [5.74, 6) is 0.276. The van der Waals surface area contributed by atoms with Crippen molar-refractivity contribution in [3.8, 4) is 0 Å². The fraction of sp³-hybridized carbons (Fsp3) is 0.917. The monoisotopic (exact) mass is 278 g/mol. The third-order valence-electron chi connectivity index (χ3n) is 3.72. The zero-order valence-corrected chi connectivity index (χ0v) is 11.4. The number of aliphatic hydroxyl groups excluding tert-OH is 1. The Morgan fingerprint density at radius 1 is 1.44 bits per heavy atom. The van der Waals surface area contributed by atoms with Crippen LogP contribution in [-0.2, 0) is 9.53 Å². The molecule has 2 fully saturated rings. The molecule has 0 aromatic heterocycles. The maximum absolute atomic E-state index is 12.3. The highest BCUT2D eigenvalue weighted by Crippen LogP contribution is 2.25. The second-order valence-electron chi connectivity index (χ2n) is 5.08. The van der Waals surface area contributed by atoms with E-state index in [0.717, 1.165) is 25.7 Å².